The zero-order chi connectivity index (χ0) is 17.6. The minimum atomic E-state index is 0.807. The van der Waals surface area contributed by atoms with Crippen molar-refractivity contribution in [2.45, 2.75) is 32.1 Å². The van der Waals surface area contributed by atoms with Gasteiger partial charge in [-0.05, 0) is 43.0 Å². The van der Waals surface area contributed by atoms with Crippen molar-refractivity contribution in [3.8, 4) is 5.75 Å². The minimum absolute atomic E-state index is 0.807. The van der Waals surface area contributed by atoms with Crippen LogP contribution in [-0.4, -0.2) is 11.6 Å². The first-order valence-corrected chi connectivity index (χ1v) is 9.58. The second-order valence-corrected chi connectivity index (χ2v) is 6.84. The van der Waals surface area contributed by atoms with E-state index in [1.165, 1.54) is 46.6 Å². The fourth-order valence-corrected chi connectivity index (χ4v) is 3.62. The third-order valence-electron chi connectivity index (χ3n) is 4.98. The van der Waals surface area contributed by atoms with Crippen LogP contribution in [0, 0.1) is 0 Å². The van der Waals surface area contributed by atoms with Crippen molar-refractivity contribution >= 4 is 21.8 Å². The minimum Gasteiger partial charge on any atom is -0.494 e. The van der Waals surface area contributed by atoms with E-state index in [1.807, 2.05) is 30.3 Å². The molecule has 1 N–H and O–H groups in total. The van der Waals surface area contributed by atoms with E-state index >= 15 is 0 Å². The predicted molar refractivity (Wildman–Crippen MR) is 110 cm³/mol. The number of fused-ring (bicyclic) bond motifs is 3. The number of para-hydroxylation sites is 3. The Kier molecular flexibility index (Phi) is 5.20. The van der Waals surface area contributed by atoms with Gasteiger partial charge in [0.2, 0.25) is 0 Å². The summed E-state index contributed by atoms with van der Waals surface area (Å²) in [4.78, 5) is 3.61. The molecule has 0 spiro atoms. The van der Waals surface area contributed by atoms with Crippen LogP contribution >= 0.6 is 0 Å². The second kappa shape index (κ2) is 8.09. The summed E-state index contributed by atoms with van der Waals surface area (Å²) in [6, 6.07) is 25.3. The van der Waals surface area contributed by atoms with E-state index in [1.54, 1.807) is 0 Å². The highest BCUT2D eigenvalue weighted by Gasteiger charge is 2.07. The average Bonchev–Trinajstić information content (AvgIpc) is 3.08. The molecule has 0 amide bonds. The fraction of sp³-hybridized carbons (Fsp3) is 0.250. The molecule has 2 nitrogen and oxygen atoms in total. The molecule has 1 heterocycles. The van der Waals surface area contributed by atoms with Crippen LogP contribution in [0.4, 0.5) is 0 Å². The Morgan fingerprint density at radius 1 is 0.654 bits per heavy atom. The summed E-state index contributed by atoms with van der Waals surface area (Å²) in [5, 5.41) is 2.66. The molecule has 4 aromatic rings. The number of ether oxygens (including phenoxy) is 1. The predicted octanol–water partition coefficient (Wildman–Crippen LogP) is 6.50. The lowest BCUT2D eigenvalue weighted by molar-refractivity contribution is 0.304. The van der Waals surface area contributed by atoms with Gasteiger partial charge in [0.15, 0.2) is 0 Å². The lowest BCUT2D eigenvalue weighted by Gasteiger charge is -2.06. The van der Waals surface area contributed by atoms with Crippen molar-refractivity contribution in [3.63, 3.8) is 0 Å². The fourth-order valence-electron chi connectivity index (χ4n) is 3.62. The third-order valence-corrected chi connectivity index (χ3v) is 4.98. The Morgan fingerprint density at radius 2 is 1.42 bits per heavy atom. The number of benzene rings is 3. The monoisotopic (exact) mass is 343 g/mol. The Labute approximate surface area is 154 Å². The summed E-state index contributed by atoms with van der Waals surface area (Å²) in [7, 11) is 0. The van der Waals surface area contributed by atoms with E-state index in [9.17, 15) is 0 Å². The van der Waals surface area contributed by atoms with Gasteiger partial charge in [0.05, 0.1) is 6.61 Å². The van der Waals surface area contributed by atoms with Gasteiger partial charge in [-0.3, -0.25) is 0 Å². The number of hydrogen-bond acceptors (Lipinski definition) is 1. The van der Waals surface area contributed by atoms with E-state index in [-0.39, 0.29) is 0 Å². The smallest absolute Gasteiger partial charge is 0.119 e. The zero-order valence-corrected chi connectivity index (χ0v) is 15.1. The largest absolute Gasteiger partial charge is 0.494 e. The molecule has 1 aromatic heterocycles. The van der Waals surface area contributed by atoms with Crippen molar-refractivity contribution in [2.75, 3.05) is 6.61 Å². The summed E-state index contributed by atoms with van der Waals surface area (Å²) < 4.78 is 5.76. The Bertz CT molecular complexity index is 971. The number of nitrogens with one attached hydrogen (secondary N) is 1. The SMILES string of the molecule is c1ccc(OCCCCCCc2cccc3c2[nH]c2ccccc23)cc1. The van der Waals surface area contributed by atoms with Crippen LogP contribution in [0.25, 0.3) is 21.8 Å². The molecule has 0 aliphatic heterocycles. The molecule has 0 aliphatic rings. The topological polar surface area (TPSA) is 25.0 Å². The molecule has 0 aliphatic carbocycles. The highest BCUT2D eigenvalue weighted by atomic mass is 16.5. The van der Waals surface area contributed by atoms with Crippen molar-refractivity contribution < 1.29 is 4.74 Å². The standard InChI is InChI=1S/C24H25NO/c1(2-9-18-26-20-13-5-3-6-14-20)4-11-19-12-10-16-22-21-15-7-8-17-23(21)25-24(19)22/h3,5-8,10,12-17,25H,1-2,4,9,11,18H2. The maximum Gasteiger partial charge on any atom is 0.119 e. The molecule has 0 bridgehead atoms. The second-order valence-electron chi connectivity index (χ2n) is 6.84. The highest BCUT2D eigenvalue weighted by Crippen LogP contribution is 2.28. The van der Waals surface area contributed by atoms with E-state index in [4.69, 9.17) is 4.74 Å². The highest BCUT2D eigenvalue weighted by molar-refractivity contribution is 6.08. The Hall–Kier alpha value is -2.74. The average molecular weight is 343 g/mol. The van der Waals surface area contributed by atoms with Crippen LogP contribution in [0.2, 0.25) is 0 Å². The van der Waals surface area contributed by atoms with Gasteiger partial charge in [-0.1, -0.05) is 67.4 Å². The Balaban J connectivity index is 1.27. The molecule has 0 atom stereocenters. The quantitative estimate of drug-likeness (QED) is 0.363. The number of hydrogen-bond donors (Lipinski definition) is 1. The van der Waals surface area contributed by atoms with E-state index < -0.39 is 0 Å². The van der Waals surface area contributed by atoms with Crippen LogP contribution in [0.1, 0.15) is 31.2 Å². The van der Waals surface area contributed by atoms with Crippen LogP contribution in [0.15, 0.2) is 72.8 Å². The molecule has 132 valence electrons. The number of rotatable bonds is 8. The van der Waals surface area contributed by atoms with Crippen molar-refractivity contribution in [3.05, 3.63) is 78.4 Å². The third kappa shape index (κ3) is 3.75. The summed E-state index contributed by atoms with van der Waals surface area (Å²) >= 11 is 0. The Morgan fingerprint density at radius 3 is 2.35 bits per heavy atom. The van der Waals surface area contributed by atoms with Crippen LogP contribution in [0.3, 0.4) is 0 Å². The van der Waals surface area contributed by atoms with Crippen molar-refractivity contribution in [2.24, 2.45) is 0 Å². The lowest BCUT2D eigenvalue weighted by atomic mass is 10.0. The van der Waals surface area contributed by atoms with Crippen LogP contribution < -0.4 is 4.74 Å². The lowest BCUT2D eigenvalue weighted by Crippen LogP contribution is -1.97. The van der Waals surface area contributed by atoms with Crippen LogP contribution in [0.5, 0.6) is 5.75 Å². The molecule has 3 aromatic carbocycles. The summed E-state index contributed by atoms with van der Waals surface area (Å²) in [6.07, 6.45) is 5.93. The van der Waals surface area contributed by atoms with Gasteiger partial charge >= 0.3 is 0 Å². The molecule has 0 unspecified atom stereocenters. The number of aryl methyl sites for hydroxylation is 1. The maximum atomic E-state index is 5.76. The number of unbranched alkanes of at least 4 members (excludes halogenated alkanes) is 3. The van der Waals surface area contributed by atoms with Gasteiger partial charge in [0.1, 0.15) is 5.75 Å². The van der Waals surface area contributed by atoms with Gasteiger partial charge in [0, 0.05) is 21.8 Å². The number of aromatic amines is 1. The molecular weight excluding hydrogens is 318 g/mol. The number of H-pyrrole nitrogens is 1. The maximum absolute atomic E-state index is 5.76. The molecule has 26 heavy (non-hydrogen) atoms. The van der Waals surface area contributed by atoms with Crippen molar-refractivity contribution in [1.29, 1.82) is 0 Å². The van der Waals surface area contributed by atoms with Gasteiger partial charge in [-0.15, -0.1) is 0 Å². The summed E-state index contributed by atoms with van der Waals surface area (Å²) in [5.74, 6) is 0.970. The molecule has 0 fully saturated rings. The first-order valence-electron chi connectivity index (χ1n) is 9.58. The van der Waals surface area contributed by atoms with Crippen LogP contribution in [-0.2, 0) is 6.42 Å². The molecule has 4 rings (SSSR count). The van der Waals surface area contributed by atoms with Gasteiger partial charge in [-0.2, -0.15) is 0 Å². The first-order chi connectivity index (χ1) is 12.9. The van der Waals surface area contributed by atoms with Gasteiger partial charge in [-0.25, -0.2) is 0 Å². The summed E-state index contributed by atoms with van der Waals surface area (Å²) in [6.45, 7) is 0.807. The van der Waals surface area contributed by atoms with Gasteiger partial charge in [0.25, 0.3) is 0 Å². The van der Waals surface area contributed by atoms with E-state index in [0.717, 1.165) is 25.2 Å². The molecule has 0 radical (unpaired) electrons. The molecule has 0 saturated carbocycles. The first kappa shape index (κ1) is 16.7. The van der Waals surface area contributed by atoms with Gasteiger partial charge < -0.3 is 9.72 Å². The van der Waals surface area contributed by atoms with E-state index in [0.29, 0.717) is 0 Å². The molecular formula is C24H25NO. The summed E-state index contributed by atoms with van der Waals surface area (Å²) in [5.41, 5.74) is 3.97. The zero-order valence-electron chi connectivity index (χ0n) is 15.1. The van der Waals surface area contributed by atoms with E-state index in [2.05, 4.69) is 47.4 Å². The molecule has 0 saturated heterocycles. The molecule has 2 heteroatoms. The number of aromatic nitrogens is 1. The van der Waals surface area contributed by atoms with Crippen molar-refractivity contribution in [1.82, 2.24) is 4.98 Å². The normalized spacial score (nSPS) is 11.2.